The molecule has 3 fully saturated rings. The summed E-state index contributed by atoms with van der Waals surface area (Å²) >= 11 is 0. The molecule has 2 aromatic rings. The van der Waals surface area contributed by atoms with Crippen LogP contribution in [0.15, 0.2) is 42.6 Å². The number of likely N-dealkylation sites (tertiary alicyclic amines) is 1. The first-order valence-electron chi connectivity index (χ1n) is 13.5. The first kappa shape index (κ1) is 24.2. The molecule has 1 unspecified atom stereocenters. The topological polar surface area (TPSA) is 75.2 Å². The second-order valence-corrected chi connectivity index (χ2v) is 11.4. The minimum Gasteiger partial charge on any atom is -0.490 e. The van der Waals surface area contributed by atoms with Crippen molar-refractivity contribution in [2.45, 2.75) is 63.3 Å². The van der Waals surface area contributed by atoms with Gasteiger partial charge in [0.15, 0.2) is 0 Å². The Hall–Kier alpha value is -3.13. The zero-order chi connectivity index (χ0) is 25.6. The smallest absolute Gasteiger partial charge is 0.410 e. The number of amides is 2. The number of carbonyl (C=O) groups excluding carboxylic acids is 2. The third-order valence-corrected chi connectivity index (χ3v) is 8.66. The van der Waals surface area contributed by atoms with E-state index in [1.165, 1.54) is 5.56 Å². The molecule has 8 heteroatoms. The third-order valence-electron chi connectivity index (χ3n) is 8.66. The number of hydrogen-bond acceptors (Lipinski definition) is 6. The van der Waals surface area contributed by atoms with Gasteiger partial charge in [-0.2, -0.15) is 0 Å². The van der Waals surface area contributed by atoms with Gasteiger partial charge < -0.3 is 19.3 Å². The van der Waals surface area contributed by atoms with Gasteiger partial charge in [0.05, 0.1) is 5.69 Å². The van der Waals surface area contributed by atoms with E-state index in [-0.39, 0.29) is 35.6 Å². The summed E-state index contributed by atoms with van der Waals surface area (Å²) < 4.78 is 12.1. The molecule has 1 aliphatic carbocycles. The monoisotopic (exact) mass is 504 g/mol. The summed E-state index contributed by atoms with van der Waals surface area (Å²) in [6.45, 7) is 2.74. The van der Waals surface area contributed by atoms with E-state index in [1.54, 1.807) is 9.80 Å². The Morgan fingerprint density at radius 1 is 1.11 bits per heavy atom. The van der Waals surface area contributed by atoms with Crippen molar-refractivity contribution in [3.05, 3.63) is 59.4 Å². The summed E-state index contributed by atoms with van der Waals surface area (Å²) in [6, 6.07) is 12.4. The van der Waals surface area contributed by atoms with Gasteiger partial charge in [-0.05, 0) is 37.3 Å². The highest BCUT2D eigenvalue weighted by molar-refractivity contribution is 5.76. The molecular weight excluding hydrogens is 468 g/mol. The van der Waals surface area contributed by atoms with E-state index < -0.39 is 0 Å². The van der Waals surface area contributed by atoms with Crippen LogP contribution in [0, 0.1) is 5.41 Å². The Morgan fingerprint density at radius 2 is 1.89 bits per heavy atom. The Balaban J connectivity index is 1.03. The number of fused-ring (bicyclic) bond motifs is 3. The van der Waals surface area contributed by atoms with Crippen LogP contribution in [0.3, 0.4) is 0 Å². The van der Waals surface area contributed by atoms with Crippen LogP contribution in [0.4, 0.5) is 4.79 Å². The molecule has 4 aliphatic rings. The predicted octanol–water partition coefficient (Wildman–Crippen LogP) is 3.80. The molecule has 196 valence electrons. The lowest BCUT2D eigenvalue weighted by Crippen LogP contribution is -2.65. The lowest BCUT2D eigenvalue weighted by atomic mass is 9.62. The van der Waals surface area contributed by atoms with Gasteiger partial charge in [-0.15, -0.1) is 0 Å². The zero-order valence-electron chi connectivity index (χ0n) is 21.8. The van der Waals surface area contributed by atoms with Gasteiger partial charge in [0.1, 0.15) is 18.5 Å². The van der Waals surface area contributed by atoms with Crippen molar-refractivity contribution in [3.8, 4) is 5.75 Å². The van der Waals surface area contributed by atoms with Crippen molar-refractivity contribution in [1.82, 2.24) is 19.7 Å². The molecule has 1 aromatic heterocycles. The van der Waals surface area contributed by atoms with Crippen LogP contribution < -0.4 is 4.74 Å². The molecular formula is C29H36N4O4. The van der Waals surface area contributed by atoms with E-state index >= 15 is 0 Å². The number of rotatable bonds is 6. The minimum absolute atomic E-state index is 0.164. The maximum Gasteiger partial charge on any atom is 0.410 e. The van der Waals surface area contributed by atoms with Gasteiger partial charge in [0.25, 0.3) is 0 Å². The van der Waals surface area contributed by atoms with Crippen LogP contribution in [0.1, 0.15) is 55.0 Å². The van der Waals surface area contributed by atoms with Crippen LogP contribution in [0.25, 0.3) is 0 Å². The quantitative estimate of drug-likeness (QED) is 0.596. The molecule has 0 N–H and O–H groups in total. The van der Waals surface area contributed by atoms with Gasteiger partial charge in [0, 0.05) is 75.8 Å². The summed E-state index contributed by atoms with van der Waals surface area (Å²) in [6.07, 6.45) is 7.25. The van der Waals surface area contributed by atoms with E-state index in [1.807, 2.05) is 56.7 Å². The van der Waals surface area contributed by atoms with Crippen molar-refractivity contribution < 1.29 is 19.1 Å². The molecule has 1 spiro atoms. The molecule has 8 nitrogen and oxygen atoms in total. The van der Waals surface area contributed by atoms with Crippen LogP contribution in [-0.2, 0) is 22.6 Å². The SMILES string of the molecule is CN(C)C(=O)CC1CC[C@@H]2c3c(OC4CC5(C4)CN(C(=O)OCc4ccccc4)C5)ccnc3CCN12. The fraction of sp³-hybridized carbons (Fsp3) is 0.552. The van der Waals surface area contributed by atoms with Crippen LogP contribution in [0.2, 0.25) is 0 Å². The number of benzene rings is 1. The number of aromatic nitrogens is 1. The summed E-state index contributed by atoms with van der Waals surface area (Å²) in [7, 11) is 3.66. The molecule has 1 aromatic carbocycles. The van der Waals surface area contributed by atoms with Crippen molar-refractivity contribution in [2.75, 3.05) is 33.7 Å². The average Bonchev–Trinajstić information content (AvgIpc) is 3.26. The third kappa shape index (κ3) is 4.67. The van der Waals surface area contributed by atoms with Crippen LogP contribution in [-0.4, -0.2) is 77.6 Å². The average molecular weight is 505 g/mol. The molecule has 2 amide bonds. The lowest BCUT2D eigenvalue weighted by Gasteiger charge is -2.57. The fourth-order valence-corrected chi connectivity index (χ4v) is 6.71. The Bertz CT molecular complexity index is 1160. The Morgan fingerprint density at radius 3 is 2.65 bits per heavy atom. The standard InChI is InChI=1S/C29H36N4O4/c1-31(2)26(34)14-21-8-9-24-27-23(11-13-33(21)24)30-12-10-25(27)37-22-15-29(16-22)18-32(19-29)28(35)36-17-20-6-4-3-5-7-20/h3-7,10,12,21-22,24H,8-9,11,13-19H2,1-2H3/t21?,24-/m1/s1. The number of nitrogens with zero attached hydrogens (tertiary/aromatic N) is 4. The Labute approximate surface area is 218 Å². The summed E-state index contributed by atoms with van der Waals surface area (Å²) in [5.74, 6) is 1.15. The molecule has 37 heavy (non-hydrogen) atoms. The van der Waals surface area contributed by atoms with Crippen molar-refractivity contribution in [1.29, 1.82) is 0 Å². The molecule has 4 heterocycles. The second kappa shape index (κ2) is 9.63. The van der Waals surface area contributed by atoms with Crippen molar-refractivity contribution >= 4 is 12.0 Å². The molecule has 0 bridgehead atoms. The van der Waals surface area contributed by atoms with Crippen LogP contribution in [0.5, 0.6) is 5.75 Å². The molecule has 1 saturated carbocycles. The minimum atomic E-state index is -0.231. The highest BCUT2D eigenvalue weighted by Crippen LogP contribution is 2.51. The molecule has 2 saturated heterocycles. The number of pyridine rings is 1. The first-order valence-corrected chi connectivity index (χ1v) is 13.5. The highest BCUT2D eigenvalue weighted by Gasteiger charge is 2.55. The summed E-state index contributed by atoms with van der Waals surface area (Å²) in [4.78, 5) is 35.5. The molecule has 6 rings (SSSR count). The maximum atomic E-state index is 12.4. The van der Waals surface area contributed by atoms with Gasteiger partial charge in [-0.1, -0.05) is 30.3 Å². The van der Waals surface area contributed by atoms with Gasteiger partial charge >= 0.3 is 6.09 Å². The number of ether oxygens (including phenoxy) is 2. The highest BCUT2D eigenvalue weighted by atomic mass is 16.6. The van der Waals surface area contributed by atoms with Crippen LogP contribution >= 0.6 is 0 Å². The first-order chi connectivity index (χ1) is 17.9. The fourth-order valence-electron chi connectivity index (χ4n) is 6.71. The van der Waals surface area contributed by atoms with E-state index in [9.17, 15) is 9.59 Å². The second-order valence-electron chi connectivity index (χ2n) is 11.4. The van der Waals surface area contributed by atoms with E-state index in [0.29, 0.717) is 13.0 Å². The molecule has 3 aliphatic heterocycles. The summed E-state index contributed by atoms with van der Waals surface area (Å²) in [5.41, 5.74) is 3.54. The van der Waals surface area contributed by atoms with E-state index in [2.05, 4.69) is 4.90 Å². The molecule has 2 atom stereocenters. The normalized spacial score (nSPS) is 24.0. The predicted molar refractivity (Wildman–Crippen MR) is 138 cm³/mol. The maximum absolute atomic E-state index is 12.4. The van der Waals surface area contributed by atoms with Gasteiger partial charge in [-0.25, -0.2) is 4.79 Å². The van der Waals surface area contributed by atoms with E-state index in [0.717, 1.165) is 68.7 Å². The molecule has 0 radical (unpaired) electrons. The van der Waals surface area contributed by atoms with E-state index in [4.69, 9.17) is 14.5 Å². The summed E-state index contributed by atoms with van der Waals surface area (Å²) in [5, 5.41) is 0. The number of carbonyl (C=O) groups is 2. The van der Waals surface area contributed by atoms with Gasteiger partial charge in [0.2, 0.25) is 5.91 Å². The zero-order valence-corrected chi connectivity index (χ0v) is 21.8. The van der Waals surface area contributed by atoms with Crippen molar-refractivity contribution in [2.24, 2.45) is 5.41 Å². The van der Waals surface area contributed by atoms with Gasteiger partial charge in [-0.3, -0.25) is 14.7 Å². The lowest BCUT2D eigenvalue weighted by molar-refractivity contribution is -0.129. The van der Waals surface area contributed by atoms with Crippen molar-refractivity contribution in [3.63, 3.8) is 0 Å². The number of hydrogen-bond donors (Lipinski definition) is 0. The Kier molecular flexibility index (Phi) is 6.31. The largest absolute Gasteiger partial charge is 0.490 e.